The molecular formula is C15H13BrFNO2. The van der Waals surface area contributed by atoms with Gasteiger partial charge in [0.05, 0.1) is 7.11 Å². The molecule has 0 aliphatic heterocycles. The van der Waals surface area contributed by atoms with Gasteiger partial charge in [-0.1, -0.05) is 34.1 Å². The lowest BCUT2D eigenvalue weighted by molar-refractivity contribution is -0.141. The molecule has 0 amide bonds. The molecule has 0 spiro atoms. The van der Waals surface area contributed by atoms with Gasteiger partial charge in [0.15, 0.2) is 6.04 Å². The monoisotopic (exact) mass is 337 g/mol. The third-order valence-corrected chi connectivity index (χ3v) is 3.28. The molecule has 0 saturated carbocycles. The quantitative estimate of drug-likeness (QED) is 0.859. The van der Waals surface area contributed by atoms with Crippen LogP contribution in [0, 0.1) is 5.82 Å². The summed E-state index contributed by atoms with van der Waals surface area (Å²) in [5, 5.41) is 2.98. The summed E-state index contributed by atoms with van der Waals surface area (Å²) in [5.74, 6) is -1.02. The van der Waals surface area contributed by atoms with Crippen LogP contribution in [0.15, 0.2) is 53.0 Å². The fourth-order valence-corrected chi connectivity index (χ4v) is 2.20. The van der Waals surface area contributed by atoms with Crippen molar-refractivity contribution in [3.8, 4) is 0 Å². The van der Waals surface area contributed by atoms with Crippen molar-refractivity contribution in [1.82, 2.24) is 0 Å². The van der Waals surface area contributed by atoms with Crippen molar-refractivity contribution in [2.24, 2.45) is 0 Å². The van der Waals surface area contributed by atoms with Crippen LogP contribution in [0.1, 0.15) is 11.6 Å². The molecule has 0 aromatic heterocycles. The number of benzene rings is 2. The Hall–Kier alpha value is -1.88. The van der Waals surface area contributed by atoms with Gasteiger partial charge in [-0.15, -0.1) is 0 Å². The number of hydrogen-bond acceptors (Lipinski definition) is 3. The Morgan fingerprint density at radius 3 is 2.60 bits per heavy atom. The van der Waals surface area contributed by atoms with Gasteiger partial charge in [0.2, 0.25) is 0 Å². The summed E-state index contributed by atoms with van der Waals surface area (Å²) in [7, 11) is 1.28. The number of hydrogen-bond donors (Lipinski definition) is 1. The van der Waals surface area contributed by atoms with E-state index in [0.717, 1.165) is 0 Å². The molecule has 0 aliphatic rings. The first-order valence-corrected chi connectivity index (χ1v) is 6.75. The van der Waals surface area contributed by atoms with Crippen LogP contribution in [0.5, 0.6) is 0 Å². The number of ether oxygens (including phenoxy) is 1. The number of anilines is 1. The van der Waals surface area contributed by atoms with Crippen LogP contribution in [-0.4, -0.2) is 13.1 Å². The zero-order chi connectivity index (χ0) is 14.5. The summed E-state index contributed by atoms with van der Waals surface area (Å²) in [6.07, 6.45) is 0. The van der Waals surface area contributed by atoms with E-state index in [-0.39, 0.29) is 5.56 Å². The molecule has 0 saturated heterocycles. The lowest BCUT2D eigenvalue weighted by atomic mass is 10.1. The second-order valence-corrected chi connectivity index (χ2v) is 5.05. The van der Waals surface area contributed by atoms with Crippen molar-refractivity contribution < 1.29 is 13.9 Å². The van der Waals surface area contributed by atoms with Crippen LogP contribution in [-0.2, 0) is 9.53 Å². The van der Waals surface area contributed by atoms with Crippen molar-refractivity contribution in [3.05, 3.63) is 64.4 Å². The standard InChI is InChI=1S/C15H13BrFNO2/c1-20-15(19)14(18-11-5-3-2-4-6-11)12-9-10(16)7-8-13(12)17/h2-9,14,18H,1H3. The van der Waals surface area contributed by atoms with Crippen molar-refractivity contribution in [2.75, 3.05) is 12.4 Å². The largest absolute Gasteiger partial charge is 0.467 e. The average molecular weight is 338 g/mol. The van der Waals surface area contributed by atoms with Crippen LogP contribution in [0.3, 0.4) is 0 Å². The van der Waals surface area contributed by atoms with E-state index in [9.17, 15) is 9.18 Å². The van der Waals surface area contributed by atoms with E-state index in [1.54, 1.807) is 24.3 Å². The summed E-state index contributed by atoms with van der Waals surface area (Å²) in [4.78, 5) is 11.9. The lowest BCUT2D eigenvalue weighted by Gasteiger charge is -2.19. The molecule has 0 heterocycles. The molecule has 0 bridgehead atoms. The van der Waals surface area contributed by atoms with Gasteiger partial charge in [-0.3, -0.25) is 0 Å². The van der Waals surface area contributed by atoms with E-state index in [1.165, 1.54) is 13.2 Å². The molecule has 2 aromatic carbocycles. The van der Waals surface area contributed by atoms with Crippen molar-refractivity contribution in [1.29, 1.82) is 0 Å². The van der Waals surface area contributed by atoms with Crippen molar-refractivity contribution in [3.63, 3.8) is 0 Å². The second-order valence-electron chi connectivity index (χ2n) is 4.13. The maximum atomic E-state index is 14.0. The molecule has 20 heavy (non-hydrogen) atoms. The minimum atomic E-state index is -0.903. The van der Waals surface area contributed by atoms with E-state index in [4.69, 9.17) is 4.74 Å². The van der Waals surface area contributed by atoms with Crippen LogP contribution in [0.2, 0.25) is 0 Å². The van der Waals surface area contributed by atoms with Gasteiger partial charge in [-0.2, -0.15) is 0 Å². The number of rotatable bonds is 4. The summed E-state index contributed by atoms with van der Waals surface area (Å²) < 4.78 is 19.4. The maximum absolute atomic E-state index is 14.0. The minimum Gasteiger partial charge on any atom is -0.467 e. The molecular weight excluding hydrogens is 325 g/mol. The summed E-state index contributed by atoms with van der Waals surface area (Å²) in [6, 6.07) is 12.7. The number of nitrogens with one attached hydrogen (secondary N) is 1. The summed E-state index contributed by atoms with van der Waals surface area (Å²) >= 11 is 3.27. The highest BCUT2D eigenvalue weighted by Crippen LogP contribution is 2.26. The summed E-state index contributed by atoms with van der Waals surface area (Å²) in [5.41, 5.74) is 0.942. The number of methoxy groups -OCH3 is 1. The molecule has 2 aromatic rings. The third kappa shape index (κ3) is 3.36. The molecule has 1 atom stereocenters. The van der Waals surface area contributed by atoms with Crippen molar-refractivity contribution >= 4 is 27.6 Å². The highest BCUT2D eigenvalue weighted by atomic mass is 79.9. The maximum Gasteiger partial charge on any atom is 0.333 e. The van der Waals surface area contributed by atoms with Crippen LogP contribution < -0.4 is 5.32 Å². The highest BCUT2D eigenvalue weighted by Gasteiger charge is 2.24. The fourth-order valence-electron chi connectivity index (χ4n) is 1.82. The SMILES string of the molecule is COC(=O)C(Nc1ccccc1)c1cc(Br)ccc1F. The van der Waals surface area contributed by atoms with Gasteiger partial charge >= 0.3 is 5.97 Å². The molecule has 3 nitrogen and oxygen atoms in total. The zero-order valence-corrected chi connectivity index (χ0v) is 12.4. The molecule has 1 N–H and O–H groups in total. The van der Waals surface area contributed by atoms with Crippen LogP contribution in [0.4, 0.5) is 10.1 Å². The van der Waals surface area contributed by atoms with Gasteiger partial charge in [0, 0.05) is 15.7 Å². The Labute approximate surface area is 124 Å². The average Bonchev–Trinajstić information content (AvgIpc) is 2.48. The predicted molar refractivity (Wildman–Crippen MR) is 78.9 cm³/mol. The fraction of sp³-hybridized carbons (Fsp3) is 0.133. The van der Waals surface area contributed by atoms with E-state index in [1.807, 2.05) is 18.2 Å². The topological polar surface area (TPSA) is 38.3 Å². The molecule has 0 radical (unpaired) electrons. The van der Waals surface area contributed by atoms with Gasteiger partial charge in [0.25, 0.3) is 0 Å². The van der Waals surface area contributed by atoms with E-state index < -0.39 is 17.8 Å². The van der Waals surface area contributed by atoms with Gasteiger partial charge in [-0.25, -0.2) is 9.18 Å². The van der Waals surface area contributed by atoms with Crippen LogP contribution in [0.25, 0.3) is 0 Å². The lowest BCUT2D eigenvalue weighted by Crippen LogP contribution is -2.23. The minimum absolute atomic E-state index is 0.232. The molecule has 1 unspecified atom stereocenters. The van der Waals surface area contributed by atoms with Gasteiger partial charge < -0.3 is 10.1 Å². The smallest absolute Gasteiger partial charge is 0.333 e. The first kappa shape index (κ1) is 14.5. The third-order valence-electron chi connectivity index (χ3n) is 2.79. The molecule has 5 heteroatoms. The predicted octanol–water partition coefficient (Wildman–Crippen LogP) is 3.91. The molecule has 0 fully saturated rings. The number of carbonyl (C=O) groups is 1. The van der Waals surface area contributed by atoms with Gasteiger partial charge in [0.1, 0.15) is 5.82 Å². The Morgan fingerprint density at radius 2 is 1.95 bits per heavy atom. The zero-order valence-electron chi connectivity index (χ0n) is 10.8. The second kappa shape index (κ2) is 6.52. The van der Waals surface area contributed by atoms with Gasteiger partial charge in [-0.05, 0) is 30.3 Å². The van der Waals surface area contributed by atoms with E-state index in [2.05, 4.69) is 21.2 Å². The Morgan fingerprint density at radius 1 is 1.25 bits per heavy atom. The highest BCUT2D eigenvalue weighted by molar-refractivity contribution is 9.10. The Kier molecular flexibility index (Phi) is 4.74. The Balaban J connectivity index is 2.37. The number of carbonyl (C=O) groups excluding carboxylic acids is 1. The van der Waals surface area contributed by atoms with Crippen molar-refractivity contribution in [2.45, 2.75) is 6.04 Å². The first-order chi connectivity index (χ1) is 9.61. The molecule has 104 valence electrons. The molecule has 0 aliphatic carbocycles. The molecule has 2 rings (SSSR count). The van der Waals surface area contributed by atoms with E-state index >= 15 is 0 Å². The number of halogens is 2. The Bertz CT molecular complexity index is 604. The van der Waals surface area contributed by atoms with Crippen LogP contribution >= 0.6 is 15.9 Å². The first-order valence-electron chi connectivity index (χ1n) is 5.96. The van der Waals surface area contributed by atoms with E-state index in [0.29, 0.717) is 10.2 Å². The normalized spacial score (nSPS) is 11.8. The number of esters is 1. The number of para-hydroxylation sites is 1. The summed E-state index contributed by atoms with van der Waals surface area (Å²) in [6.45, 7) is 0.